The third-order valence-corrected chi connectivity index (χ3v) is 7.62. The fourth-order valence-corrected chi connectivity index (χ4v) is 4.96. The van der Waals surface area contributed by atoms with E-state index in [9.17, 15) is 13.5 Å². The van der Waals surface area contributed by atoms with E-state index in [1.165, 1.54) is 10.3 Å². The maximum Gasteiger partial charge on any atom is 0.238 e. The quantitative estimate of drug-likeness (QED) is 0.435. The lowest BCUT2D eigenvalue weighted by Gasteiger charge is -2.26. The van der Waals surface area contributed by atoms with Crippen LogP contribution in [0.3, 0.4) is 0 Å². The zero-order valence-electron chi connectivity index (χ0n) is 18.7. The zero-order chi connectivity index (χ0) is 23.8. The number of nitrogens with zero attached hydrogens (tertiary/aromatic N) is 3. The zero-order valence-corrected chi connectivity index (χ0v) is 19.5. The number of rotatable bonds is 4. The molecule has 0 amide bonds. The van der Waals surface area contributed by atoms with Crippen molar-refractivity contribution in [3.8, 4) is 11.8 Å². The number of benzene rings is 2. The molecule has 1 saturated heterocycles. The van der Waals surface area contributed by atoms with Crippen LogP contribution < -0.4 is 5.32 Å². The Hall–Kier alpha value is -3.45. The highest BCUT2D eigenvalue weighted by molar-refractivity contribution is 7.90. The number of aromatic nitrogens is 3. The van der Waals surface area contributed by atoms with Crippen molar-refractivity contribution < 1.29 is 18.3 Å². The number of ether oxygens (including phenoxy) is 1. The first-order valence-corrected chi connectivity index (χ1v) is 12.7. The summed E-state index contributed by atoms with van der Waals surface area (Å²) in [6.45, 7) is 2.63. The second-order valence-corrected chi connectivity index (χ2v) is 10.4. The fraction of sp³-hybridized carbons (Fsp3) is 0.280. The Bertz CT molecular complexity index is 1540. The fourth-order valence-electron chi connectivity index (χ4n) is 3.97. The Balaban J connectivity index is 1.47. The maximum atomic E-state index is 12.3. The highest BCUT2D eigenvalue weighted by Crippen LogP contribution is 2.27. The Morgan fingerprint density at radius 2 is 1.97 bits per heavy atom. The second-order valence-electron chi connectivity index (χ2n) is 8.26. The number of anilines is 2. The van der Waals surface area contributed by atoms with Crippen LogP contribution in [-0.2, 0) is 14.8 Å². The van der Waals surface area contributed by atoms with Gasteiger partial charge in [-0.15, -0.1) is 0 Å². The first kappa shape index (κ1) is 22.3. The van der Waals surface area contributed by atoms with Crippen LogP contribution >= 0.6 is 0 Å². The highest BCUT2D eigenvalue weighted by atomic mass is 32.2. The normalized spacial score (nSPS) is 15.7. The van der Waals surface area contributed by atoms with Crippen molar-refractivity contribution in [3.05, 3.63) is 60.6 Å². The molecule has 2 aromatic heterocycles. The van der Waals surface area contributed by atoms with Crippen LogP contribution in [0, 0.1) is 11.8 Å². The van der Waals surface area contributed by atoms with E-state index in [1.807, 2.05) is 30.3 Å². The van der Waals surface area contributed by atoms with Gasteiger partial charge in [-0.1, -0.05) is 11.8 Å². The molecule has 2 aromatic carbocycles. The van der Waals surface area contributed by atoms with Gasteiger partial charge in [0.05, 0.1) is 30.0 Å². The van der Waals surface area contributed by atoms with E-state index in [4.69, 9.17) is 4.74 Å². The van der Waals surface area contributed by atoms with Gasteiger partial charge in [0.15, 0.2) is 0 Å². The molecule has 1 aliphatic rings. The SMILES string of the molecule is CCS(=O)(=O)n1ccc2cc(Nc3ncnc4ccc(C#CC5(O)CCOCC5)cc34)ccc21. The van der Waals surface area contributed by atoms with Crippen LogP contribution in [0.25, 0.3) is 21.8 Å². The second kappa shape index (κ2) is 8.72. The van der Waals surface area contributed by atoms with Crippen LogP contribution in [0.15, 0.2) is 55.0 Å². The first-order chi connectivity index (χ1) is 16.4. The Morgan fingerprint density at radius 3 is 2.76 bits per heavy atom. The molecule has 9 heteroatoms. The maximum absolute atomic E-state index is 12.3. The lowest BCUT2D eigenvalue weighted by Crippen LogP contribution is -2.34. The summed E-state index contributed by atoms with van der Waals surface area (Å²) >= 11 is 0. The predicted octanol–water partition coefficient (Wildman–Crippen LogP) is 3.42. The van der Waals surface area contributed by atoms with Crippen molar-refractivity contribution in [3.63, 3.8) is 0 Å². The summed E-state index contributed by atoms with van der Waals surface area (Å²) < 4.78 is 31.2. The Labute approximate surface area is 197 Å². The summed E-state index contributed by atoms with van der Waals surface area (Å²) in [4.78, 5) is 8.75. The van der Waals surface area contributed by atoms with E-state index in [2.05, 4.69) is 27.1 Å². The minimum Gasteiger partial charge on any atom is -0.381 e. The molecule has 0 unspecified atom stereocenters. The van der Waals surface area contributed by atoms with E-state index in [1.54, 1.807) is 25.3 Å². The van der Waals surface area contributed by atoms with Crippen LogP contribution in [-0.4, -0.2) is 52.0 Å². The summed E-state index contributed by atoms with van der Waals surface area (Å²) in [6, 6.07) is 12.9. The van der Waals surface area contributed by atoms with Crippen molar-refractivity contribution in [2.75, 3.05) is 24.3 Å². The van der Waals surface area contributed by atoms with Crippen molar-refractivity contribution >= 4 is 43.3 Å². The molecule has 3 heterocycles. The molecule has 0 aliphatic carbocycles. The topological polar surface area (TPSA) is 106 Å². The van der Waals surface area contributed by atoms with Crippen LogP contribution in [0.5, 0.6) is 0 Å². The van der Waals surface area contributed by atoms with Gasteiger partial charge >= 0.3 is 0 Å². The summed E-state index contributed by atoms with van der Waals surface area (Å²) in [5.41, 5.74) is 1.88. The average molecular weight is 477 g/mol. The van der Waals surface area contributed by atoms with Crippen molar-refractivity contribution in [2.45, 2.75) is 25.4 Å². The molecule has 34 heavy (non-hydrogen) atoms. The Morgan fingerprint density at radius 1 is 1.15 bits per heavy atom. The number of hydrogen-bond donors (Lipinski definition) is 2. The van der Waals surface area contributed by atoms with E-state index < -0.39 is 15.6 Å². The standard InChI is InChI=1S/C25H24N4O4S/c1-2-34(31,32)29-12-8-19-16-20(4-6-23(19)29)28-24-21-15-18(3-5-22(21)26-17-27-24)7-9-25(30)10-13-33-14-11-25/h3-6,8,12,15-17,30H,2,10-11,13-14H2,1H3,(H,26,27,28). The molecule has 0 spiro atoms. The average Bonchev–Trinajstić information content (AvgIpc) is 3.28. The lowest BCUT2D eigenvalue weighted by atomic mass is 9.95. The predicted molar refractivity (Wildman–Crippen MR) is 131 cm³/mol. The molecular weight excluding hydrogens is 452 g/mol. The van der Waals surface area contributed by atoms with Gasteiger partial charge in [0.1, 0.15) is 17.7 Å². The van der Waals surface area contributed by atoms with Crippen molar-refractivity contribution in [1.82, 2.24) is 13.9 Å². The number of fused-ring (bicyclic) bond motifs is 2. The van der Waals surface area contributed by atoms with E-state index in [-0.39, 0.29) is 5.75 Å². The van der Waals surface area contributed by atoms with Gasteiger partial charge in [0.25, 0.3) is 0 Å². The number of nitrogens with one attached hydrogen (secondary N) is 1. The summed E-state index contributed by atoms with van der Waals surface area (Å²) in [5, 5.41) is 15.5. The molecule has 1 aliphatic heterocycles. The molecule has 8 nitrogen and oxygen atoms in total. The lowest BCUT2D eigenvalue weighted by molar-refractivity contribution is -0.0261. The molecule has 0 radical (unpaired) electrons. The van der Waals surface area contributed by atoms with Gasteiger partial charge in [0.2, 0.25) is 10.0 Å². The molecular formula is C25H24N4O4S. The van der Waals surface area contributed by atoms with Gasteiger partial charge in [-0.25, -0.2) is 22.4 Å². The van der Waals surface area contributed by atoms with Gasteiger partial charge in [-0.2, -0.15) is 0 Å². The van der Waals surface area contributed by atoms with E-state index >= 15 is 0 Å². The van der Waals surface area contributed by atoms with Gasteiger partial charge in [0, 0.05) is 41.1 Å². The summed E-state index contributed by atoms with van der Waals surface area (Å²) in [5.74, 6) is 6.72. The molecule has 2 N–H and O–H groups in total. The largest absolute Gasteiger partial charge is 0.381 e. The smallest absolute Gasteiger partial charge is 0.238 e. The molecule has 0 atom stereocenters. The number of hydrogen-bond acceptors (Lipinski definition) is 7. The van der Waals surface area contributed by atoms with E-state index in [0.29, 0.717) is 37.4 Å². The van der Waals surface area contributed by atoms with Crippen LogP contribution in [0.1, 0.15) is 25.3 Å². The molecule has 4 aromatic rings. The minimum atomic E-state index is -3.37. The summed E-state index contributed by atoms with van der Waals surface area (Å²) in [7, 11) is -3.37. The van der Waals surface area contributed by atoms with Crippen molar-refractivity contribution in [2.24, 2.45) is 0 Å². The molecule has 1 fully saturated rings. The van der Waals surface area contributed by atoms with E-state index in [0.717, 1.165) is 27.5 Å². The van der Waals surface area contributed by atoms with Gasteiger partial charge in [-0.05, 0) is 49.4 Å². The third-order valence-electron chi connectivity index (χ3n) is 5.98. The molecule has 0 bridgehead atoms. The minimum absolute atomic E-state index is 0.0279. The van der Waals surface area contributed by atoms with Crippen LogP contribution in [0.4, 0.5) is 11.5 Å². The molecule has 0 saturated carbocycles. The molecule has 174 valence electrons. The van der Waals surface area contributed by atoms with Crippen molar-refractivity contribution in [1.29, 1.82) is 0 Å². The molecule has 5 rings (SSSR count). The third kappa shape index (κ3) is 4.35. The van der Waals surface area contributed by atoms with Crippen LogP contribution in [0.2, 0.25) is 0 Å². The Kier molecular flexibility index (Phi) is 5.73. The monoisotopic (exact) mass is 476 g/mol. The summed E-state index contributed by atoms with van der Waals surface area (Å²) in [6.07, 6.45) is 4.05. The first-order valence-electron chi connectivity index (χ1n) is 11.1. The number of aliphatic hydroxyl groups is 1. The highest BCUT2D eigenvalue weighted by Gasteiger charge is 2.27. The van der Waals surface area contributed by atoms with Gasteiger partial charge in [-0.3, -0.25) is 0 Å². The van der Waals surface area contributed by atoms with Gasteiger partial charge < -0.3 is 15.2 Å².